The second-order valence-corrected chi connectivity index (χ2v) is 8.28. The highest BCUT2D eigenvalue weighted by atomic mass is 32.2. The second kappa shape index (κ2) is 9.46. The van der Waals surface area contributed by atoms with Gasteiger partial charge in [0.1, 0.15) is 22.5 Å². The summed E-state index contributed by atoms with van der Waals surface area (Å²) in [6.45, 7) is 5.77. The summed E-state index contributed by atoms with van der Waals surface area (Å²) in [6, 6.07) is 23.4. The van der Waals surface area contributed by atoms with Gasteiger partial charge >= 0.3 is 0 Å². The molecule has 0 saturated heterocycles. The average Bonchev–Trinajstić information content (AvgIpc) is 2.83. The van der Waals surface area contributed by atoms with Gasteiger partial charge in [0.25, 0.3) is 0 Å². The van der Waals surface area contributed by atoms with E-state index in [0.29, 0.717) is 22.1 Å². The van der Waals surface area contributed by atoms with Crippen molar-refractivity contribution < 1.29 is 5.11 Å². The molecule has 0 aliphatic heterocycles. The SMILES string of the molecule is C=C(O)C(Sc1nc(-c2ncccn2)cc(-c2ccc(C)cc2)c1C#N)c1ccccc1. The lowest BCUT2D eigenvalue weighted by atomic mass is 10.00. The van der Waals surface area contributed by atoms with E-state index in [1.165, 1.54) is 11.8 Å². The molecular weight excluding hydrogens is 416 g/mol. The minimum absolute atomic E-state index is 0.00913. The number of benzene rings is 2. The van der Waals surface area contributed by atoms with E-state index in [4.69, 9.17) is 4.98 Å². The summed E-state index contributed by atoms with van der Waals surface area (Å²) in [5.74, 6) is 0.455. The Morgan fingerprint density at radius 3 is 2.34 bits per heavy atom. The molecule has 156 valence electrons. The normalized spacial score (nSPS) is 11.5. The van der Waals surface area contributed by atoms with Gasteiger partial charge in [0.05, 0.1) is 10.8 Å². The molecule has 0 bridgehead atoms. The van der Waals surface area contributed by atoms with Crippen LogP contribution in [0.5, 0.6) is 0 Å². The summed E-state index contributed by atoms with van der Waals surface area (Å²) in [4.78, 5) is 13.4. The summed E-state index contributed by atoms with van der Waals surface area (Å²) in [7, 11) is 0. The van der Waals surface area contributed by atoms with E-state index in [-0.39, 0.29) is 5.76 Å². The summed E-state index contributed by atoms with van der Waals surface area (Å²) in [5.41, 5.74) is 4.62. The first-order valence-corrected chi connectivity index (χ1v) is 10.8. The Bertz CT molecular complexity index is 1280. The van der Waals surface area contributed by atoms with Gasteiger partial charge in [-0.05, 0) is 30.2 Å². The van der Waals surface area contributed by atoms with Crippen molar-refractivity contribution in [2.45, 2.75) is 17.2 Å². The van der Waals surface area contributed by atoms with Crippen molar-refractivity contribution in [3.63, 3.8) is 0 Å². The number of nitrogens with zero attached hydrogens (tertiary/aromatic N) is 4. The van der Waals surface area contributed by atoms with Gasteiger partial charge in [0, 0.05) is 18.0 Å². The Balaban J connectivity index is 1.90. The van der Waals surface area contributed by atoms with Gasteiger partial charge in [-0.25, -0.2) is 15.0 Å². The number of aliphatic hydroxyl groups excluding tert-OH is 1. The maximum atomic E-state index is 10.3. The van der Waals surface area contributed by atoms with Crippen LogP contribution in [-0.4, -0.2) is 20.1 Å². The zero-order valence-corrected chi connectivity index (χ0v) is 18.3. The molecule has 0 radical (unpaired) electrons. The van der Waals surface area contributed by atoms with Crippen molar-refractivity contribution in [1.82, 2.24) is 15.0 Å². The van der Waals surface area contributed by atoms with Crippen molar-refractivity contribution >= 4 is 11.8 Å². The summed E-state index contributed by atoms with van der Waals surface area (Å²) < 4.78 is 0. The summed E-state index contributed by atoms with van der Waals surface area (Å²) in [5, 5.41) is 20.4. The van der Waals surface area contributed by atoms with E-state index in [1.54, 1.807) is 18.5 Å². The molecule has 6 heteroatoms. The van der Waals surface area contributed by atoms with Crippen LogP contribution in [0.25, 0.3) is 22.6 Å². The molecule has 1 atom stereocenters. The van der Waals surface area contributed by atoms with Gasteiger partial charge < -0.3 is 5.11 Å². The van der Waals surface area contributed by atoms with Gasteiger partial charge in [-0.15, -0.1) is 0 Å². The third kappa shape index (κ3) is 4.53. The monoisotopic (exact) mass is 436 g/mol. The number of aromatic nitrogens is 3. The smallest absolute Gasteiger partial charge is 0.178 e. The third-order valence-corrected chi connectivity index (χ3v) is 6.19. The molecule has 0 spiro atoms. The van der Waals surface area contributed by atoms with Crippen molar-refractivity contribution in [1.29, 1.82) is 5.26 Å². The molecule has 2 aromatic heterocycles. The highest BCUT2D eigenvalue weighted by Crippen LogP contribution is 2.42. The van der Waals surface area contributed by atoms with Gasteiger partial charge in [-0.2, -0.15) is 5.26 Å². The van der Waals surface area contributed by atoms with Gasteiger partial charge in [-0.1, -0.05) is 78.5 Å². The first kappa shape index (κ1) is 21.3. The van der Waals surface area contributed by atoms with E-state index in [0.717, 1.165) is 22.3 Å². The van der Waals surface area contributed by atoms with Gasteiger partial charge in [-0.3, -0.25) is 0 Å². The molecule has 32 heavy (non-hydrogen) atoms. The van der Waals surface area contributed by atoms with Crippen LogP contribution < -0.4 is 0 Å². The molecular formula is C26H20N4OS. The Morgan fingerprint density at radius 1 is 1.03 bits per heavy atom. The van der Waals surface area contributed by atoms with Crippen LogP contribution >= 0.6 is 11.8 Å². The highest BCUT2D eigenvalue weighted by Gasteiger charge is 2.23. The summed E-state index contributed by atoms with van der Waals surface area (Å²) in [6.07, 6.45) is 3.31. The number of aliphatic hydroxyl groups is 1. The van der Waals surface area contributed by atoms with Gasteiger partial charge in [0.15, 0.2) is 5.82 Å². The fraction of sp³-hybridized carbons (Fsp3) is 0.0769. The van der Waals surface area contributed by atoms with Crippen molar-refractivity contribution in [3.05, 3.63) is 108 Å². The zero-order valence-electron chi connectivity index (χ0n) is 17.4. The van der Waals surface area contributed by atoms with E-state index in [1.807, 2.05) is 67.6 Å². The molecule has 4 aromatic rings. The van der Waals surface area contributed by atoms with E-state index < -0.39 is 5.25 Å². The molecule has 2 aromatic carbocycles. The second-order valence-electron chi connectivity index (χ2n) is 7.19. The molecule has 1 unspecified atom stereocenters. The number of thioether (sulfide) groups is 1. The fourth-order valence-electron chi connectivity index (χ4n) is 3.29. The topological polar surface area (TPSA) is 82.7 Å². The minimum Gasteiger partial charge on any atom is -0.511 e. The van der Waals surface area contributed by atoms with Gasteiger partial charge in [0.2, 0.25) is 0 Å². The number of hydrogen-bond donors (Lipinski definition) is 1. The first-order valence-electron chi connectivity index (χ1n) is 9.95. The lowest BCUT2D eigenvalue weighted by molar-refractivity contribution is 0.398. The molecule has 0 amide bonds. The first-order chi connectivity index (χ1) is 15.6. The Hall–Kier alpha value is -3.95. The quantitative estimate of drug-likeness (QED) is 0.282. The number of nitriles is 1. The van der Waals surface area contributed by atoms with Crippen LogP contribution in [0, 0.1) is 18.3 Å². The Morgan fingerprint density at radius 2 is 1.72 bits per heavy atom. The fourth-order valence-corrected chi connectivity index (χ4v) is 4.37. The lowest BCUT2D eigenvalue weighted by Gasteiger charge is -2.18. The molecule has 1 N–H and O–H groups in total. The summed E-state index contributed by atoms with van der Waals surface area (Å²) >= 11 is 1.28. The van der Waals surface area contributed by atoms with E-state index in [9.17, 15) is 10.4 Å². The van der Waals surface area contributed by atoms with Crippen molar-refractivity contribution in [3.8, 4) is 28.7 Å². The van der Waals surface area contributed by atoms with E-state index >= 15 is 0 Å². The number of pyridine rings is 1. The van der Waals surface area contributed by atoms with Crippen LogP contribution in [0.2, 0.25) is 0 Å². The predicted octanol–water partition coefficient (Wildman–Crippen LogP) is 6.29. The average molecular weight is 437 g/mol. The lowest BCUT2D eigenvalue weighted by Crippen LogP contribution is -2.02. The highest BCUT2D eigenvalue weighted by molar-refractivity contribution is 7.99. The van der Waals surface area contributed by atoms with Crippen LogP contribution in [-0.2, 0) is 0 Å². The van der Waals surface area contributed by atoms with Crippen LogP contribution in [0.1, 0.15) is 21.9 Å². The molecule has 4 rings (SSSR count). The molecule has 0 saturated carbocycles. The maximum Gasteiger partial charge on any atom is 0.178 e. The zero-order chi connectivity index (χ0) is 22.5. The molecule has 2 heterocycles. The number of hydrogen-bond acceptors (Lipinski definition) is 6. The number of aryl methyl sites for hydroxylation is 1. The number of rotatable bonds is 6. The van der Waals surface area contributed by atoms with E-state index in [2.05, 4.69) is 22.6 Å². The van der Waals surface area contributed by atoms with Crippen LogP contribution in [0.15, 0.2) is 96.5 Å². The Labute approximate surface area is 191 Å². The minimum atomic E-state index is -0.478. The van der Waals surface area contributed by atoms with Crippen molar-refractivity contribution in [2.24, 2.45) is 0 Å². The third-order valence-electron chi connectivity index (χ3n) is 4.89. The molecule has 0 aliphatic carbocycles. The Kier molecular flexibility index (Phi) is 6.29. The molecule has 0 fully saturated rings. The maximum absolute atomic E-state index is 10.3. The van der Waals surface area contributed by atoms with Crippen LogP contribution in [0.3, 0.4) is 0 Å². The molecule has 0 aliphatic rings. The molecule has 5 nitrogen and oxygen atoms in total. The predicted molar refractivity (Wildman–Crippen MR) is 127 cm³/mol. The standard InChI is InChI=1S/C26H20N4OS/c1-17-9-11-19(12-10-17)21-15-23(25-28-13-6-14-29-25)30-26(22(21)16-27)32-24(18(2)31)20-7-4-3-5-8-20/h3-15,24,31H,2H2,1H3. The largest absolute Gasteiger partial charge is 0.511 e. The van der Waals surface area contributed by atoms with Crippen LogP contribution in [0.4, 0.5) is 0 Å². The van der Waals surface area contributed by atoms with Crippen molar-refractivity contribution in [2.75, 3.05) is 0 Å².